The van der Waals surface area contributed by atoms with Gasteiger partial charge in [-0.2, -0.15) is 0 Å². The van der Waals surface area contributed by atoms with Crippen molar-refractivity contribution in [3.63, 3.8) is 0 Å². The first-order valence-corrected chi connectivity index (χ1v) is 10.3. The van der Waals surface area contributed by atoms with Crippen molar-refractivity contribution in [1.82, 2.24) is 0 Å². The summed E-state index contributed by atoms with van der Waals surface area (Å²) in [5.41, 5.74) is 7.23. The molecule has 0 saturated heterocycles. The van der Waals surface area contributed by atoms with Crippen LogP contribution in [0.25, 0.3) is 0 Å². The van der Waals surface area contributed by atoms with E-state index in [4.69, 9.17) is 9.47 Å². The molecule has 0 radical (unpaired) electrons. The molecular weight excluding hydrogens is 388 g/mol. The molecule has 3 aromatic carbocycles. The van der Waals surface area contributed by atoms with Gasteiger partial charge in [-0.25, -0.2) is 4.79 Å². The highest BCUT2D eigenvalue weighted by molar-refractivity contribution is 5.98. The summed E-state index contributed by atoms with van der Waals surface area (Å²) in [5.74, 6) is 0.926. The first kappa shape index (κ1) is 22.3. The number of carbonyl (C=O) groups is 2. The minimum Gasteiger partial charge on any atom is -0.496 e. The summed E-state index contributed by atoms with van der Waals surface area (Å²) in [7, 11) is 1.69. The molecule has 0 atom stereocenters. The molecule has 4 heteroatoms. The quantitative estimate of drug-likeness (QED) is 0.283. The van der Waals surface area contributed by atoms with Crippen molar-refractivity contribution in [1.29, 1.82) is 0 Å². The van der Waals surface area contributed by atoms with Crippen LogP contribution in [0, 0.1) is 27.7 Å². The van der Waals surface area contributed by atoms with Crippen molar-refractivity contribution in [2.75, 3.05) is 7.11 Å². The van der Waals surface area contributed by atoms with Crippen LogP contribution in [0.1, 0.15) is 61.0 Å². The molecule has 0 aromatic heterocycles. The second-order valence-corrected chi connectivity index (χ2v) is 8.02. The van der Waals surface area contributed by atoms with E-state index in [2.05, 4.69) is 38.1 Å². The molecule has 0 aliphatic heterocycles. The van der Waals surface area contributed by atoms with Gasteiger partial charge in [0.15, 0.2) is 5.78 Å². The van der Waals surface area contributed by atoms with Crippen LogP contribution >= 0.6 is 0 Å². The number of rotatable bonds is 6. The van der Waals surface area contributed by atoms with Gasteiger partial charge in [0, 0.05) is 5.56 Å². The second-order valence-electron chi connectivity index (χ2n) is 8.02. The van der Waals surface area contributed by atoms with Crippen molar-refractivity contribution >= 4 is 11.8 Å². The van der Waals surface area contributed by atoms with E-state index in [1.807, 2.05) is 13.8 Å². The minimum atomic E-state index is -0.469. The Morgan fingerprint density at radius 1 is 0.742 bits per heavy atom. The molecule has 0 heterocycles. The molecule has 0 unspecified atom stereocenters. The Labute approximate surface area is 183 Å². The number of ketones is 1. The summed E-state index contributed by atoms with van der Waals surface area (Å²) in [4.78, 5) is 24.3. The van der Waals surface area contributed by atoms with Crippen molar-refractivity contribution in [2.24, 2.45) is 0 Å². The molecule has 160 valence electrons. The zero-order chi connectivity index (χ0) is 22.7. The summed E-state index contributed by atoms with van der Waals surface area (Å²) in [5, 5.41) is 0. The summed E-state index contributed by atoms with van der Waals surface area (Å²) >= 11 is 0. The Morgan fingerprint density at radius 2 is 1.23 bits per heavy atom. The molecule has 3 rings (SSSR count). The molecule has 0 amide bonds. The fraction of sp³-hybridized carbons (Fsp3) is 0.259. The van der Waals surface area contributed by atoms with Gasteiger partial charge < -0.3 is 9.47 Å². The molecule has 0 spiro atoms. The SMILES string of the molecule is COc1c(C)cc(Cc2cc(C)c(OC(=O)c3cccc(C(C)=O)c3)c(C)c2)cc1C. The average Bonchev–Trinajstić information content (AvgIpc) is 2.70. The van der Waals surface area contributed by atoms with Gasteiger partial charge in [0.25, 0.3) is 0 Å². The van der Waals surface area contributed by atoms with Gasteiger partial charge in [-0.15, -0.1) is 0 Å². The Kier molecular flexibility index (Phi) is 6.59. The van der Waals surface area contributed by atoms with Crippen LogP contribution in [0.3, 0.4) is 0 Å². The van der Waals surface area contributed by atoms with E-state index >= 15 is 0 Å². The van der Waals surface area contributed by atoms with Gasteiger partial charge >= 0.3 is 5.97 Å². The number of aryl methyl sites for hydroxylation is 4. The average molecular weight is 417 g/mol. The smallest absolute Gasteiger partial charge is 0.343 e. The molecule has 31 heavy (non-hydrogen) atoms. The number of methoxy groups -OCH3 is 1. The summed E-state index contributed by atoms with van der Waals surface area (Å²) in [6.07, 6.45) is 0.780. The van der Waals surface area contributed by atoms with Crippen LogP contribution in [-0.2, 0) is 6.42 Å². The maximum atomic E-state index is 12.7. The van der Waals surface area contributed by atoms with Crippen LogP contribution in [0.15, 0.2) is 48.5 Å². The van der Waals surface area contributed by atoms with Gasteiger partial charge in [-0.3, -0.25) is 4.79 Å². The molecule has 0 aliphatic carbocycles. The van der Waals surface area contributed by atoms with Gasteiger partial charge in [0.05, 0.1) is 12.7 Å². The van der Waals surface area contributed by atoms with Crippen LogP contribution in [0.4, 0.5) is 0 Å². The Morgan fingerprint density at radius 3 is 1.71 bits per heavy atom. The fourth-order valence-electron chi connectivity index (χ4n) is 4.02. The van der Waals surface area contributed by atoms with Crippen LogP contribution in [-0.4, -0.2) is 18.9 Å². The predicted molar refractivity (Wildman–Crippen MR) is 123 cm³/mol. The van der Waals surface area contributed by atoms with Gasteiger partial charge in [-0.1, -0.05) is 36.4 Å². The standard InChI is InChI=1S/C27H28O4/c1-16-10-21(11-17(2)25(16)30-6)14-22-12-18(3)26(19(4)13-22)31-27(29)24-9-7-8-23(15-24)20(5)28/h7-13,15H,14H2,1-6H3. The van der Waals surface area contributed by atoms with E-state index in [0.29, 0.717) is 16.9 Å². The van der Waals surface area contributed by atoms with Crippen molar-refractivity contribution < 1.29 is 19.1 Å². The van der Waals surface area contributed by atoms with Gasteiger partial charge in [-0.05, 0) is 86.6 Å². The lowest BCUT2D eigenvalue weighted by Gasteiger charge is -2.15. The van der Waals surface area contributed by atoms with Gasteiger partial charge in [0.1, 0.15) is 11.5 Å². The van der Waals surface area contributed by atoms with Crippen LogP contribution < -0.4 is 9.47 Å². The Bertz CT molecular complexity index is 1110. The Hall–Kier alpha value is -3.40. The molecular formula is C27H28O4. The molecule has 0 fully saturated rings. The second kappa shape index (κ2) is 9.17. The summed E-state index contributed by atoms with van der Waals surface area (Å²) in [6, 6.07) is 15.0. The van der Waals surface area contributed by atoms with Crippen molar-refractivity contribution in [3.05, 3.63) is 93.0 Å². The number of Topliss-reactive ketones (excluding diaryl/α,β-unsaturated/α-hetero) is 1. The van der Waals surface area contributed by atoms with Crippen molar-refractivity contribution in [2.45, 2.75) is 41.0 Å². The van der Waals surface area contributed by atoms with E-state index in [-0.39, 0.29) is 5.78 Å². The highest BCUT2D eigenvalue weighted by atomic mass is 16.5. The molecule has 0 bridgehead atoms. The summed E-state index contributed by atoms with van der Waals surface area (Å²) in [6.45, 7) is 9.46. The first-order valence-electron chi connectivity index (χ1n) is 10.3. The number of hydrogen-bond acceptors (Lipinski definition) is 4. The Balaban J connectivity index is 1.83. The zero-order valence-electron chi connectivity index (χ0n) is 19.0. The lowest BCUT2D eigenvalue weighted by atomic mass is 9.97. The number of esters is 1. The minimum absolute atomic E-state index is 0.0876. The van der Waals surface area contributed by atoms with E-state index < -0.39 is 5.97 Å². The summed E-state index contributed by atoms with van der Waals surface area (Å²) < 4.78 is 11.2. The number of hydrogen-bond donors (Lipinski definition) is 0. The van der Waals surface area contributed by atoms with E-state index in [1.54, 1.807) is 31.4 Å². The fourth-order valence-corrected chi connectivity index (χ4v) is 4.02. The normalized spacial score (nSPS) is 10.6. The zero-order valence-corrected chi connectivity index (χ0v) is 19.0. The van der Waals surface area contributed by atoms with E-state index in [0.717, 1.165) is 40.0 Å². The highest BCUT2D eigenvalue weighted by Gasteiger charge is 2.15. The molecule has 3 aromatic rings. The van der Waals surface area contributed by atoms with E-state index in [9.17, 15) is 9.59 Å². The lowest BCUT2D eigenvalue weighted by Crippen LogP contribution is -2.11. The maximum Gasteiger partial charge on any atom is 0.343 e. The number of ether oxygens (including phenoxy) is 2. The van der Waals surface area contributed by atoms with Crippen LogP contribution in [0.5, 0.6) is 11.5 Å². The molecule has 0 N–H and O–H groups in total. The third kappa shape index (κ3) is 5.02. The highest BCUT2D eigenvalue weighted by Crippen LogP contribution is 2.29. The maximum absolute atomic E-state index is 12.7. The first-order chi connectivity index (χ1) is 14.7. The van der Waals surface area contributed by atoms with E-state index in [1.165, 1.54) is 12.5 Å². The molecule has 0 saturated carbocycles. The lowest BCUT2D eigenvalue weighted by molar-refractivity contribution is 0.0732. The third-order valence-corrected chi connectivity index (χ3v) is 5.35. The van der Waals surface area contributed by atoms with Crippen molar-refractivity contribution in [3.8, 4) is 11.5 Å². The third-order valence-electron chi connectivity index (χ3n) is 5.35. The van der Waals surface area contributed by atoms with Gasteiger partial charge in [0.2, 0.25) is 0 Å². The molecule has 4 nitrogen and oxygen atoms in total. The van der Waals surface area contributed by atoms with Crippen LogP contribution in [0.2, 0.25) is 0 Å². The number of carbonyl (C=O) groups excluding carboxylic acids is 2. The number of benzene rings is 3. The molecule has 0 aliphatic rings. The monoisotopic (exact) mass is 416 g/mol. The predicted octanol–water partition coefficient (Wildman–Crippen LogP) is 5.94. The largest absolute Gasteiger partial charge is 0.496 e. The topological polar surface area (TPSA) is 52.6 Å².